The molecule has 0 spiro atoms. The zero-order valence-corrected chi connectivity index (χ0v) is 25.3. The zero-order valence-electron chi connectivity index (χ0n) is 24.5. The molecule has 1 aromatic heterocycles. The fourth-order valence-corrected chi connectivity index (χ4v) is 5.55. The van der Waals surface area contributed by atoms with Gasteiger partial charge in [-0.3, -0.25) is 0 Å². The van der Waals surface area contributed by atoms with Crippen LogP contribution in [0.1, 0.15) is 88.1 Å². The van der Waals surface area contributed by atoms with Crippen molar-refractivity contribution in [3.05, 3.63) is 101 Å². The van der Waals surface area contributed by atoms with Crippen LogP contribution in [0.25, 0.3) is 10.9 Å². The Kier molecular flexibility index (Phi) is 8.83. The molecular formula is C35H45ClN2O. The Labute approximate surface area is 241 Å². The van der Waals surface area contributed by atoms with Gasteiger partial charge in [0.1, 0.15) is 12.4 Å². The van der Waals surface area contributed by atoms with Crippen LogP contribution in [0.15, 0.2) is 72.9 Å². The maximum Gasteiger partial charge on any atom is 0.121 e. The van der Waals surface area contributed by atoms with Crippen LogP contribution in [0.3, 0.4) is 0 Å². The molecule has 0 amide bonds. The van der Waals surface area contributed by atoms with E-state index >= 15 is 0 Å². The van der Waals surface area contributed by atoms with E-state index in [2.05, 4.69) is 124 Å². The molecule has 0 unspecified atom stereocenters. The van der Waals surface area contributed by atoms with Crippen LogP contribution < -0.4 is 10.1 Å². The van der Waals surface area contributed by atoms with Gasteiger partial charge in [-0.1, -0.05) is 90.1 Å². The Hall–Kier alpha value is -2.75. The van der Waals surface area contributed by atoms with Crippen molar-refractivity contribution in [3.8, 4) is 5.75 Å². The molecule has 1 saturated heterocycles. The summed E-state index contributed by atoms with van der Waals surface area (Å²) >= 11 is 0. The number of hydrogen-bond acceptors (Lipinski definition) is 2. The average molecular weight is 545 g/mol. The highest BCUT2D eigenvalue weighted by molar-refractivity contribution is 5.86. The van der Waals surface area contributed by atoms with E-state index in [9.17, 15) is 0 Å². The topological polar surface area (TPSA) is 26.2 Å². The van der Waals surface area contributed by atoms with Crippen molar-refractivity contribution in [2.24, 2.45) is 0 Å². The van der Waals surface area contributed by atoms with Crippen LogP contribution >= 0.6 is 12.4 Å². The molecule has 208 valence electrons. The summed E-state index contributed by atoms with van der Waals surface area (Å²) in [5.74, 6) is 1.54. The third-order valence-corrected chi connectivity index (χ3v) is 8.06. The molecule has 1 N–H and O–H groups in total. The summed E-state index contributed by atoms with van der Waals surface area (Å²) in [5, 5.41) is 4.89. The highest BCUT2D eigenvalue weighted by atomic mass is 35.5. The van der Waals surface area contributed by atoms with Gasteiger partial charge in [0.15, 0.2) is 0 Å². The summed E-state index contributed by atoms with van der Waals surface area (Å²) in [6, 6.07) is 24.7. The molecule has 3 nitrogen and oxygen atoms in total. The van der Waals surface area contributed by atoms with Crippen molar-refractivity contribution in [3.63, 3.8) is 0 Å². The highest BCUT2D eigenvalue weighted by Crippen LogP contribution is 2.35. The molecular weight excluding hydrogens is 500 g/mol. The molecule has 1 fully saturated rings. The van der Waals surface area contributed by atoms with Crippen molar-refractivity contribution >= 4 is 23.3 Å². The van der Waals surface area contributed by atoms with Gasteiger partial charge in [-0.05, 0) is 82.6 Å². The minimum atomic E-state index is 0. The van der Waals surface area contributed by atoms with Crippen molar-refractivity contribution in [1.29, 1.82) is 0 Å². The lowest BCUT2D eigenvalue weighted by Crippen LogP contribution is -2.26. The summed E-state index contributed by atoms with van der Waals surface area (Å²) in [6.07, 6.45) is 4.80. The van der Waals surface area contributed by atoms with Gasteiger partial charge in [0.05, 0.1) is 5.52 Å². The second-order valence-electron chi connectivity index (χ2n) is 13.1. The van der Waals surface area contributed by atoms with Crippen LogP contribution in [0, 0.1) is 0 Å². The molecule has 1 aliphatic rings. The van der Waals surface area contributed by atoms with E-state index in [-0.39, 0.29) is 23.2 Å². The van der Waals surface area contributed by atoms with Gasteiger partial charge in [-0.2, -0.15) is 0 Å². The molecule has 39 heavy (non-hydrogen) atoms. The molecule has 5 rings (SSSR count). The number of piperidine rings is 1. The minimum absolute atomic E-state index is 0. The first-order chi connectivity index (χ1) is 18.1. The number of rotatable bonds is 6. The molecule has 0 saturated carbocycles. The summed E-state index contributed by atoms with van der Waals surface area (Å²) in [4.78, 5) is 0. The van der Waals surface area contributed by atoms with Crippen LogP contribution in [-0.2, 0) is 24.0 Å². The quantitative estimate of drug-likeness (QED) is 0.262. The van der Waals surface area contributed by atoms with Gasteiger partial charge >= 0.3 is 0 Å². The van der Waals surface area contributed by atoms with Crippen molar-refractivity contribution < 1.29 is 4.74 Å². The van der Waals surface area contributed by atoms with E-state index in [0.29, 0.717) is 12.5 Å². The molecule has 3 aromatic carbocycles. The number of nitrogens with zero attached hydrogens (tertiary/aromatic N) is 1. The average Bonchev–Trinajstić information content (AvgIpc) is 3.25. The summed E-state index contributed by atoms with van der Waals surface area (Å²) in [5.41, 5.74) is 8.33. The lowest BCUT2D eigenvalue weighted by atomic mass is 9.87. The molecule has 4 heteroatoms. The van der Waals surface area contributed by atoms with Crippen LogP contribution in [-0.4, -0.2) is 17.7 Å². The fourth-order valence-electron chi connectivity index (χ4n) is 5.55. The summed E-state index contributed by atoms with van der Waals surface area (Å²) in [7, 11) is 0. The fraction of sp³-hybridized carbons (Fsp3) is 0.429. The second-order valence-corrected chi connectivity index (χ2v) is 13.1. The number of ether oxygens (including phenoxy) is 1. The van der Waals surface area contributed by atoms with Gasteiger partial charge in [0, 0.05) is 24.2 Å². The van der Waals surface area contributed by atoms with Crippen LogP contribution in [0.4, 0.5) is 0 Å². The minimum Gasteiger partial charge on any atom is -0.489 e. The molecule has 2 heterocycles. The smallest absolute Gasteiger partial charge is 0.121 e. The predicted octanol–water partition coefficient (Wildman–Crippen LogP) is 8.75. The van der Waals surface area contributed by atoms with Crippen molar-refractivity contribution in [2.75, 3.05) is 13.1 Å². The zero-order chi connectivity index (χ0) is 26.9. The Morgan fingerprint density at radius 3 is 1.90 bits per heavy atom. The first-order valence-corrected chi connectivity index (χ1v) is 14.2. The standard InChI is InChI=1S/C35H44N2O.ClH/c1-34(2,3)28-11-7-25(8-12-28)22-37-23-32(27-17-19-36-20-18-27)31-16-15-30(21-33(31)37)38-24-26-9-13-29(14-10-26)35(4,5)6;/h7-16,21,23,27,36H,17-20,22,24H2,1-6H3;1H. The lowest BCUT2D eigenvalue weighted by molar-refractivity contribution is 0.306. The number of nitrogens with one attached hydrogen (secondary N) is 1. The van der Waals surface area contributed by atoms with E-state index in [1.807, 2.05) is 0 Å². The number of benzene rings is 3. The first kappa shape index (κ1) is 29.2. The largest absolute Gasteiger partial charge is 0.489 e. The highest BCUT2D eigenvalue weighted by Gasteiger charge is 2.21. The lowest BCUT2D eigenvalue weighted by Gasteiger charge is -2.22. The molecule has 4 aromatic rings. The Bertz CT molecular complexity index is 1370. The normalized spacial score (nSPS) is 14.8. The monoisotopic (exact) mass is 544 g/mol. The van der Waals surface area contributed by atoms with Gasteiger partial charge < -0.3 is 14.6 Å². The third-order valence-electron chi connectivity index (χ3n) is 8.06. The van der Waals surface area contributed by atoms with Crippen LogP contribution in [0.5, 0.6) is 5.75 Å². The molecule has 1 aliphatic heterocycles. The van der Waals surface area contributed by atoms with Gasteiger partial charge in [0.2, 0.25) is 0 Å². The van der Waals surface area contributed by atoms with Crippen molar-refractivity contribution in [1.82, 2.24) is 9.88 Å². The molecule has 0 atom stereocenters. The Morgan fingerprint density at radius 2 is 1.33 bits per heavy atom. The van der Waals surface area contributed by atoms with E-state index in [1.165, 1.54) is 51.6 Å². The van der Waals surface area contributed by atoms with E-state index in [4.69, 9.17) is 4.74 Å². The number of fused-ring (bicyclic) bond motifs is 1. The van der Waals surface area contributed by atoms with Gasteiger partial charge in [-0.15, -0.1) is 12.4 Å². The Balaban J connectivity index is 0.00000353. The Morgan fingerprint density at radius 1 is 0.769 bits per heavy atom. The predicted molar refractivity (Wildman–Crippen MR) is 168 cm³/mol. The number of aromatic nitrogens is 1. The van der Waals surface area contributed by atoms with E-state index in [0.717, 1.165) is 25.4 Å². The summed E-state index contributed by atoms with van der Waals surface area (Å²) < 4.78 is 8.75. The molecule has 0 aliphatic carbocycles. The first-order valence-electron chi connectivity index (χ1n) is 14.2. The van der Waals surface area contributed by atoms with Crippen molar-refractivity contribution in [2.45, 2.75) is 84.3 Å². The SMILES string of the molecule is CC(C)(C)c1ccc(COc2ccc3c(C4CCNCC4)cn(Cc4ccc(C(C)(C)C)cc4)c3c2)cc1.Cl. The van der Waals surface area contributed by atoms with E-state index < -0.39 is 0 Å². The van der Waals surface area contributed by atoms with Gasteiger partial charge in [0.25, 0.3) is 0 Å². The summed E-state index contributed by atoms with van der Waals surface area (Å²) in [6.45, 7) is 17.2. The van der Waals surface area contributed by atoms with Crippen LogP contribution in [0.2, 0.25) is 0 Å². The molecule has 0 radical (unpaired) electrons. The maximum absolute atomic E-state index is 6.32. The number of halogens is 1. The second kappa shape index (κ2) is 11.8. The number of hydrogen-bond donors (Lipinski definition) is 1. The van der Waals surface area contributed by atoms with Gasteiger partial charge in [-0.25, -0.2) is 0 Å². The third kappa shape index (κ3) is 6.88. The molecule has 0 bridgehead atoms. The van der Waals surface area contributed by atoms with E-state index in [1.54, 1.807) is 0 Å². The maximum atomic E-state index is 6.32.